The zero-order valence-electron chi connectivity index (χ0n) is 17.5. The zero-order chi connectivity index (χ0) is 21.3. The van der Waals surface area contributed by atoms with Gasteiger partial charge in [-0.25, -0.2) is 14.6 Å². The molecule has 0 spiro atoms. The van der Waals surface area contributed by atoms with Gasteiger partial charge in [0, 0.05) is 31.4 Å². The van der Waals surface area contributed by atoms with E-state index in [0.29, 0.717) is 18.9 Å². The first-order valence-electron chi connectivity index (χ1n) is 9.81. The molecule has 1 saturated heterocycles. The lowest BCUT2D eigenvalue weighted by atomic mass is 9.94. The average Bonchev–Trinajstić information content (AvgIpc) is 3.02. The maximum Gasteiger partial charge on any atom is 0.410 e. The molecular formula is C20H28N4O5. The molecule has 0 aliphatic carbocycles. The number of amides is 1. The van der Waals surface area contributed by atoms with Crippen LogP contribution in [0, 0.1) is 0 Å². The highest BCUT2D eigenvalue weighted by Crippen LogP contribution is 2.29. The summed E-state index contributed by atoms with van der Waals surface area (Å²) in [6, 6.07) is 0. The van der Waals surface area contributed by atoms with Gasteiger partial charge in [0.15, 0.2) is 0 Å². The van der Waals surface area contributed by atoms with E-state index in [0.717, 1.165) is 18.5 Å². The number of imidazole rings is 1. The van der Waals surface area contributed by atoms with Crippen LogP contribution in [-0.2, 0) is 4.74 Å². The van der Waals surface area contributed by atoms with E-state index in [1.165, 1.54) is 6.20 Å². The number of carbonyl (C=O) groups excluding carboxylic acids is 1. The number of hydrogen-bond donors (Lipinski definition) is 1. The lowest BCUT2D eigenvalue weighted by Gasteiger charge is -2.32. The molecule has 158 valence electrons. The van der Waals surface area contributed by atoms with Gasteiger partial charge in [0.05, 0.1) is 11.8 Å². The largest absolute Gasteiger partial charge is 0.477 e. The third-order valence-electron chi connectivity index (χ3n) is 4.57. The number of hydrogen-bond acceptors (Lipinski definition) is 6. The van der Waals surface area contributed by atoms with Crippen molar-refractivity contribution in [2.45, 2.75) is 65.1 Å². The molecule has 1 aliphatic rings. The number of nitrogens with zero attached hydrogens (tertiary/aromatic N) is 4. The molecule has 29 heavy (non-hydrogen) atoms. The van der Waals surface area contributed by atoms with Crippen molar-refractivity contribution in [1.29, 1.82) is 0 Å². The number of carboxylic acids is 1. The summed E-state index contributed by atoms with van der Waals surface area (Å²) in [5, 5.41) is 9.45. The maximum absolute atomic E-state index is 12.2. The third kappa shape index (κ3) is 4.96. The molecule has 0 unspecified atom stereocenters. The van der Waals surface area contributed by atoms with Crippen molar-refractivity contribution in [3.8, 4) is 5.88 Å². The molecule has 0 bridgehead atoms. The summed E-state index contributed by atoms with van der Waals surface area (Å²) in [5.74, 6) is -0.471. The Morgan fingerprint density at radius 1 is 1.17 bits per heavy atom. The van der Waals surface area contributed by atoms with Crippen LogP contribution in [0.15, 0.2) is 12.4 Å². The van der Waals surface area contributed by atoms with Crippen LogP contribution in [-0.4, -0.2) is 61.2 Å². The summed E-state index contributed by atoms with van der Waals surface area (Å²) in [7, 11) is 0. The fraction of sp³-hybridized carbons (Fsp3) is 0.600. The first-order valence-corrected chi connectivity index (χ1v) is 9.81. The normalized spacial score (nSPS) is 15.7. The second kappa shape index (κ2) is 7.88. The summed E-state index contributed by atoms with van der Waals surface area (Å²) in [4.78, 5) is 34.4. The summed E-state index contributed by atoms with van der Waals surface area (Å²) < 4.78 is 12.6. The van der Waals surface area contributed by atoms with E-state index in [4.69, 9.17) is 9.47 Å². The van der Waals surface area contributed by atoms with Crippen LogP contribution in [0.4, 0.5) is 4.79 Å². The van der Waals surface area contributed by atoms with Crippen molar-refractivity contribution in [1.82, 2.24) is 19.3 Å². The van der Waals surface area contributed by atoms with Gasteiger partial charge >= 0.3 is 12.1 Å². The molecule has 1 amide bonds. The van der Waals surface area contributed by atoms with E-state index < -0.39 is 11.6 Å². The average molecular weight is 404 g/mol. The molecule has 2 aromatic heterocycles. The van der Waals surface area contributed by atoms with Gasteiger partial charge in [0.1, 0.15) is 11.2 Å². The number of carbonyl (C=O) groups is 2. The minimum atomic E-state index is -1.10. The van der Waals surface area contributed by atoms with Crippen molar-refractivity contribution in [2.75, 3.05) is 13.1 Å². The van der Waals surface area contributed by atoms with E-state index in [1.54, 1.807) is 9.30 Å². The molecule has 0 atom stereocenters. The number of carboxylic acid groups (broad SMARTS) is 1. The zero-order valence-corrected chi connectivity index (χ0v) is 17.5. The van der Waals surface area contributed by atoms with Crippen LogP contribution in [0.1, 0.15) is 69.4 Å². The van der Waals surface area contributed by atoms with Gasteiger partial charge in [-0.1, -0.05) is 0 Å². The quantitative estimate of drug-likeness (QED) is 0.833. The molecular weight excluding hydrogens is 376 g/mol. The number of piperidine rings is 1. The number of aromatic nitrogens is 3. The Hall–Kier alpha value is -2.84. The highest BCUT2D eigenvalue weighted by molar-refractivity contribution is 5.90. The Bertz CT molecular complexity index is 907. The number of fused-ring (bicyclic) bond motifs is 1. The predicted octanol–water partition coefficient (Wildman–Crippen LogP) is 3.33. The predicted molar refractivity (Wildman–Crippen MR) is 105 cm³/mol. The van der Waals surface area contributed by atoms with Crippen LogP contribution >= 0.6 is 0 Å². The maximum atomic E-state index is 12.2. The van der Waals surface area contributed by atoms with E-state index in [2.05, 4.69) is 9.97 Å². The monoisotopic (exact) mass is 404 g/mol. The highest BCUT2D eigenvalue weighted by Gasteiger charge is 2.29. The topological polar surface area (TPSA) is 106 Å². The molecule has 1 N–H and O–H groups in total. The molecule has 0 saturated carbocycles. The second-order valence-corrected chi connectivity index (χ2v) is 8.55. The van der Waals surface area contributed by atoms with Crippen LogP contribution in [0.3, 0.4) is 0 Å². The Balaban J connectivity index is 1.76. The number of aromatic carboxylic acids is 1. The van der Waals surface area contributed by atoms with E-state index in [-0.39, 0.29) is 29.6 Å². The Morgan fingerprint density at radius 3 is 2.38 bits per heavy atom. The van der Waals surface area contributed by atoms with Gasteiger partial charge in [0.25, 0.3) is 0 Å². The molecule has 0 radical (unpaired) electrons. The highest BCUT2D eigenvalue weighted by atomic mass is 16.6. The number of likely N-dealkylation sites (tertiary alicyclic amines) is 1. The van der Waals surface area contributed by atoms with Gasteiger partial charge in [-0.3, -0.25) is 4.40 Å². The fourth-order valence-corrected chi connectivity index (χ4v) is 3.27. The lowest BCUT2D eigenvalue weighted by Crippen LogP contribution is -2.41. The lowest BCUT2D eigenvalue weighted by molar-refractivity contribution is 0.0204. The van der Waals surface area contributed by atoms with Gasteiger partial charge in [0.2, 0.25) is 11.7 Å². The van der Waals surface area contributed by atoms with Crippen LogP contribution in [0.25, 0.3) is 5.78 Å². The summed E-state index contributed by atoms with van der Waals surface area (Å²) >= 11 is 0. The Kier molecular flexibility index (Phi) is 5.68. The molecule has 9 heteroatoms. The van der Waals surface area contributed by atoms with E-state index >= 15 is 0 Å². The standard InChI is InChI=1S/C20H28N4O5/c1-12(2)28-16-14(17(25)26)10-24-11-15(21-18(24)22-16)13-6-8-23(9-7-13)19(27)29-20(3,4)5/h10-13H,6-9H2,1-5H3,(H,25,26). The number of ether oxygens (including phenoxy) is 2. The Labute approximate surface area is 169 Å². The molecule has 1 fully saturated rings. The summed E-state index contributed by atoms with van der Waals surface area (Å²) in [6.45, 7) is 10.4. The summed E-state index contributed by atoms with van der Waals surface area (Å²) in [6.07, 6.45) is 4.30. The van der Waals surface area contributed by atoms with Crippen molar-refractivity contribution in [2.24, 2.45) is 0 Å². The molecule has 3 heterocycles. The third-order valence-corrected chi connectivity index (χ3v) is 4.57. The van der Waals surface area contributed by atoms with Crippen molar-refractivity contribution in [3.05, 3.63) is 23.7 Å². The molecule has 9 nitrogen and oxygen atoms in total. The molecule has 2 aromatic rings. The van der Waals surface area contributed by atoms with E-state index in [9.17, 15) is 14.7 Å². The fourth-order valence-electron chi connectivity index (χ4n) is 3.27. The first kappa shape index (κ1) is 20.9. The van der Waals surface area contributed by atoms with Crippen molar-refractivity contribution >= 4 is 17.8 Å². The Morgan fingerprint density at radius 2 is 1.83 bits per heavy atom. The van der Waals surface area contributed by atoms with Crippen molar-refractivity contribution in [3.63, 3.8) is 0 Å². The van der Waals surface area contributed by atoms with Gasteiger partial charge in [-0.2, -0.15) is 4.98 Å². The molecule has 0 aromatic carbocycles. The second-order valence-electron chi connectivity index (χ2n) is 8.55. The minimum Gasteiger partial charge on any atom is -0.477 e. The minimum absolute atomic E-state index is 0.00473. The van der Waals surface area contributed by atoms with Gasteiger partial charge in [-0.15, -0.1) is 0 Å². The molecule has 3 rings (SSSR count). The van der Waals surface area contributed by atoms with Crippen molar-refractivity contribution < 1.29 is 24.2 Å². The SMILES string of the molecule is CC(C)Oc1nc2nc(C3CCN(C(=O)OC(C)(C)C)CC3)cn2cc1C(=O)O. The summed E-state index contributed by atoms with van der Waals surface area (Å²) in [5.41, 5.74) is 0.313. The number of rotatable bonds is 4. The van der Waals surface area contributed by atoms with Crippen LogP contribution < -0.4 is 4.74 Å². The molecule has 1 aliphatic heterocycles. The van der Waals surface area contributed by atoms with E-state index in [1.807, 2.05) is 40.8 Å². The van der Waals surface area contributed by atoms with Crippen LogP contribution in [0.5, 0.6) is 5.88 Å². The van der Waals surface area contributed by atoms with Gasteiger partial charge < -0.3 is 19.5 Å². The van der Waals surface area contributed by atoms with Crippen LogP contribution in [0.2, 0.25) is 0 Å². The smallest absolute Gasteiger partial charge is 0.410 e. The van der Waals surface area contributed by atoms with Gasteiger partial charge in [-0.05, 0) is 47.5 Å². The first-order chi connectivity index (χ1) is 13.5.